The monoisotopic (exact) mass is 539 g/mol. The summed E-state index contributed by atoms with van der Waals surface area (Å²) in [6.45, 7) is 7.01. The number of carbonyl (C=O) groups excluding carboxylic acids is 1. The van der Waals surface area contributed by atoms with Gasteiger partial charge in [0.15, 0.2) is 5.96 Å². The summed E-state index contributed by atoms with van der Waals surface area (Å²) in [6.07, 6.45) is 0.999. The lowest BCUT2D eigenvalue weighted by molar-refractivity contribution is -0.114. The molecule has 0 aliphatic heterocycles. The van der Waals surface area contributed by atoms with E-state index in [4.69, 9.17) is 4.74 Å². The van der Waals surface area contributed by atoms with Crippen molar-refractivity contribution in [3.8, 4) is 5.75 Å². The predicted octanol–water partition coefficient (Wildman–Crippen LogP) is 3.85. The number of hydrogen-bond acceptors (Lipinski definition) is 4. The fourth-order valence-electron chi connectivity index (χ4n) is 3.14. The average Bonchev–Trinajstić information content (AvgIpc) is 2.76. The third-order valence-electron chi connectivity index (χ3n) is 4.66. The standard InChI is InChI=1S/C23H33N5O2.HI/c1-5-28(20-10-7-6-8-11-20)15-9-14-25-23(24-3)26-17-19-12-13-22(30-4)21(16-19)27-18(2)29;/h6-8,10-13,16H,5,9,14-15,17H2,1-4H3,(H,27,29)(H2,24,25,26);1H. The molecule has 0 aliphatic carbocycles. The molecular weight excluding hydrogens is 505 g/mol. The average molecular weight is 539 g/mol. The van der Waals surface area contributed by atoms with Crippen molar-refractivity contribution >= 4 is 47.2 Å². The zero-order valence-corrected chi connectivity index (χ0v) is 21.1. The zero-order chi connectivity index (χ0) is 21.8. The van der Waals surface area contributed by atoms with Crippen LogP contribution in [0.15, 0.2) is 53.5 Å². The summed E-state index contributed by atoms with van der Waals surface area (Å²) >= 11 is 0. The third-order valence-corrected chi connectivity index (χ3v) is 4.66. The van der Waals surface area contributed by atoms with Crippen LogP contribution in [-0.4, -0.2) is 45.7 Å². The quantitative estimate of drug-likeness (QED) is 0.185. The van der Waals surface area contributed by atoms with Crippen molar-refractivity contribution in [3.05, 3.63) is 54.1 Å². The van der Waals surface area contributed by atoms with Gasteiger partial charge >= 0.3 is 0 Å². The second-order valence-electron chi connectivity index (χ2n) is 6.84. The van der Waals surface area contributed by atoms with Crippen LogP contribution in [-0.2, 0) is 11.3 Å². The molecule has 0 heterocycles. The molecule has 3 N–H and O–H groups in total. The van der Waals surface area contributed by atoms with Crippen LogP contribution < -0.4 is 25.6 Å². The number of anilines is 2. The van der Waals surface area contributed by atoms with E-state index < -0.39 is 0 Å². The second kappa shape index (κ2) is 14.5. The molecule has 0 bridgehead atoms. The molecule has 0 radical (unpaired) electrons. The van der Waals surface area contributed by atoms with Crippen molar-refractivity contribution in [2.45, 2.75) is 26.8 Å². The van der Waals surface area contributed by atoms with E-state index in [1.165, 1.54) is 12.6 Å². The van der Waals surface area contributed by atoms with E-state index in [1.54, 1.807) is 14.2 Å². The maximum absolute atomic E-state index is 11.4. The minimum absolute atomic E-state index is 0. The first-order valence-electron chi connectivity index (χ1n) is 10.3. The van der Waals surface area contributed by atoms with Crippen molar-refractivity contribution in [3.63, 3.8) is 0 Å². The molecule has 2 aromatic rings. The van der Waals surface area contributed by atoms with Gasteiger partial charge in [0.2, 0.25) is 5.91 Å². The molecule has 2 rings (SSSR count). The number of rotatable bonds is 10. The second-order valence-corrected chi connectivity index (χ2v) is 6.84. The largest absolute Gasteiger partial charge is 0.495 e. The molecule has 0 saturated heterocycles. The number of aliphatic imine (C=N–C) groups is 1. The molecule has 2 aromatic carbocycles. The van der Waals surface area contributed by atoms with Crippen molar-refractivity contribution in [1.82, 2.24) is 10.6 Å². The van der Waals surface area contributed by atoms with Crippen LogP contribution in [0, 0.1) is 0 Å². The number of ether oxygens (including phenoxy) is 1. The molecule has 0 saturated carbocycles. The van der Waals surface area contributed by atoms with Crippen molar-refractivity contribution in [2.24, 2.45) is 4.99 Å². The third kappa shape index (κ3) is 9.04. The fourth-order valence-corrected chi connectivity index (χ4v) is 3.14. The topological polar surface area (TPSA) is 78.0 Å². The van der Waals surface area contributed by atoms with Crippen LogP contribution in [0.3, 0.4) is 0 Å². The van der Waals surface area contributed by atoms with Gasteiger partial charge in [0.05, 0.1) is 12.8 Å². The fraction of sp³-hybridized carbons (Fsp3) is 0.391. The summed E-state index contributed by atoms with van der Waals surface area (Å²) in [5.74, 6) is 1.25. The lowest BCUT2D eigenvalue weighted by Gasteiger charge is -2.23. The van der Waals surface area contributed by atoms with Crippen LogP contribution in [0.25, 0.3) is 0 Å². The highest BCUT2D eigenvalue weighted by molar-refractivity contribution is 14.0. The van der Waals surface area contributed by atoms with E-state index in [-0.39, 0.29) is 29.9 Å². The Kier molecular flexibility index (Phi) is 12.4. The van der Waals surface area contributed by atoms with Crippen LogP contribution in [0.2, 0.25) is 0 Å². The van der Waals surface area contributed by atoms with Crippen LogP contribution >= 0.6 is 24.0 Å². The van der Waals surface area contributed by atoms with E-state index in [0.29, 0.717) is 18.0 Å². The maximum atomic E-state index is 11.4. The van der Waals surface area contributed by atoms with Gasteiger partial charge in [-0.3, -0.25) is 9.79 Å². The first kappa shape index (κ1) is 26.5. The highest BCUT2D eigenvalue weighted by Gasteiger charge is 2.07. The Balaban J connectivity index is 0.00000480. The molecule has 7 nitrogen and oxygen atoms in total. The molecule has 0 atom stereocenters. The number of carbonyl (C=O) groups is 1. The summed E-state index contributed by atoms with van der Waals surface area (Å²) in [7, 11) is 3.34. The Morgan fingerprint density at radius 1 is 1.13 bits per heavy atom. The van der Waals surface area contributed by atoms with E-state index in [2.05, 4.69) is 57.0 Å². The summed E-state index contributed by atoms with van der Waals surface area (Å²) in [6, 6.07) is 16.2. The number of nitrogens with one attached hydrogen (secondary N) is 3. The van der Waals surface area contributed by atoms with E-state index >= 15 is 0 Å². The molecule has 0 unspecified atom stereocenters. The highest BCUT2D eigenvalue weighted by Crippen LogP contribution is 2.25. The van der Waals surface area contributed by atoms with Crippen molar-refractivity contribution < 1.29 is 9.53 Å². The smallest absolute Gasteiger partial charge is 0.221 e. The van der Waals surface area contributed by atoms with Gasteiger partial charge < -0.3 is 25.6 Å². The predicted molar refractivity (Wildman–Crippen MR) is 140 cm³/mol. The number of guanidine groups is 1. The Bertz CT molecular complexity index is 830. The number of methoxy groups -OCH3 is 1. The lowest BCUT2D eigenvalue weighted by atomic mass is 10.2. The molecule has 0 spiro atoms. The van der Waals surface area contributed by atoms with Gasteiger partial charge in [0.1, 0.15) is 5.75 Å². The molecular formula is C23H34IN5O2. The van der Waals surface area contributed by atoms with Crippen LogP contribution in [0.4, 0.5) is 11.4 Å². The highest BCUT2D eigenvalue weighted by atomic mass is 127. The Morgan fingerprint density at radius 2 is 1.87 bits per heavy atom. The summed E-state index contributed by atoms with van der Waals surface area (Å²) in [5.41, 5.74) is 2.92. The van der Waals surface area contributed by atoms with Crippen molar-refractivity contribution in [2.75, 3.05) is 44.0 Å². The Hall–Kier alpha value is -2.49. The summed E-state index contributed by atoms with van der Waals surface area (Å²) in [4.78, 5) is 18.0. The summed E-state index contributed by atoms with van der Waals surface area (Å²) in [5, 5.41) is 9.46. The minimum atomic E-state index is -0.132. The van der Waals surface area contributed by atoms with Gasteiger partial charge in [-0.1, -0.05) is 24.3 Å². The molecule has 8 heteroatoms. The van der Waals surface area contributed by atoms with Gasteiger partial charge in [0.25, 0.3) is 0 Å². The molecule has 0 aliphatic rings. The zero-order valence-electron chi connectivity index (χ0n) is 18.8. The Labute approximate surface area is 202 Å². The number of amides is 1. The molecule has 0 fully saturated rings. The van der Waals surface area contributed by atoms with Gasteiger partial charge in [-0.05, 0) is 43.2 Å². The maximum Gasteiger partial charge on any atom is 0.221 e. The number of para-hydroxylation sites is 1. The van der Waals surface area contributed by atoms with E-state index in [0.717, 1.165) is 37.6 Å². The first-order chi connectivity index (χ1) is 14.6. The Morgan fingerprint density at radius 3 is 2.48 bits per heavy atom. The molecule has 170 valence electrons. The van der Waals surface area contributed by atoms with Crippen LogP contribution in [0.5, 0.6) is 5.75 Å². The first-order valence-corrected chi connectivity index (χ1v) is 10.3. The number of benzene rings is 2. The van der Waals surface area contributed by atoms with E-state index in [1.807, 2.05) is 24.3 Å². The van der Waals surface area contributed by atoms with Gasteiger partial charge in [-0.25, -0.2) is 0 Å². The number of nitrogens with zero attached hydrogens (tertiary/aromatic N) is 2. The number of hydrogen-bond donors (Lipinski definition) is 3. The van der Waals surface area contributed by atoms with Crippen molar-refractivity contribution in [1.29, 1.82) is 0 Å². The summed E-state index contributed by atoms with van der Waals surface area (Å²) < 4.78 is 5.30. The molecule has 31 heavy (non-hydrogen) atoms. The van der Waals surface area contributed by atoms with E-state index in [9.17, 15) is 4.79 Å². The van der Waals surface area contributed by atoms with Gasteiger partial charge in [-0.15, -0.1) is 24.0 Å². The lowest BCUT2D eigenvalue weighted by Crippen LogP contribution is -2.38. The molecule has 1 amide bonds. The SMILES string of the molecule is CCN(CCCNC(=NC)NCc1ccc(OC)c(NC(C)=O)c1)c1ccccc1.I. The minimum Gasteiger partial charge on any atom is -0.495 e. The van der Waals surface area contributed by atoms with Gasteiger partial charge in [-0.2, -0.15) is 0 Å². The normalized spacial score (nSPS) is 10.6. The van der Waals surface area contributed by atoms with Gasteiger partial charge in [0, 0.05) is 45.8 Å². The molecule has 0 aromatic heterocycles. The van der Waals surface area contributed by atoms with Crippen LogP contribution in [0.1, 0.15) is 25.8 Å². The number of halogens is 1.